The van der Waals surface area contributed by atoms with Gasteiger partial charge in [0.25, 0.3) is 0 Å². The van der Waals surface area contributed by atoms with Crippen molar-refractivity contribution in [3.63, 3.8) is 0 Å². The van der Waals surface area contributed by atoms with E-state index in [-0.39, 0.29) is 18.5 Å². The van der Waals surface area contributed by atoms with Crippen LogP contribution >= 0.6 is 0 Å². The van der Waals surface area contributed by atoms with Gasteiger partial charge in [0, 0.05) is 12.2 Å². The van der Waals surface area contributed by atoms with E-state index in [4.69, 9.17) is 14.2 Å². The van der Waals surface area contributed by atoms with Gasteiger partial charge in [-0.1, -0.05) is 36.4 Å². The van der Waals surface area contributed by atoms with Crippen LogP contribution in [-0.2, 0) is 41.2 Å². The summed E-state index contributed by atoms with van der Waals surface area (Å²) in [5.74, 6) is -2.75. The van der Waals surface area contributed by atoms with Crippen molar-refractivity contribution in [2.75, 3.05) is 18.4 Å². The highest BCUT2D eigenvalue weighted by atomic mass is 19.4. The zero-order valence-electron chi connectivity index (χ0n) is 33.1. The standard InChI is InChI=1S/C38H53F3N6O9/c1-35(2,3)54-32(51)43-22-27(46-33(52)55-36(4,5)6)29(48)42-21-28(47-34(53)56-37(7,8)9)31(50)45-26(19-18-23-14-11-10-12-15-23)30(49)44-25-17-13-16-24(20-25)38(39,40)41/h10-17,20,26-28H,18-19,21-22H2,1-9H3,(H,42,48)(H,43,51)(H,44,49)(H,45,50)(H,46,52)(H,47,53)/t26-,27+,28-/m0/s1. The van der Waals surface area contributed by atoms with Crippen LogP contribution in [-0.4, -0.2) is 84.0 Å². The molecule has 0 heterocycles. The van der Waals surface area contributed by atoms with E-state index in [0.29, 0.717) is 0 Å². The molecule has 2 rings (SSSR count). The number of anilines is 1. The number of benzene rings is 2. The summed E-state index contributed by atoms with van der Waals surface area (Å²) in [5, 5.41) is 14.5. The van der Waals surface area contributed by atoms with E-state index in [0.717, 1.165) is 23.8 Å². The molecule has 0 aliphatic heterocycles. The van der Waals surface area contributed by atoms with Crippen molar-refractivity contribution >= 4 is 41.7 Å². The molecule has 2 aromatic carbocycles. The summed E-state index contributed by atoms with van der Waals surface area (Å²) in [6.45, 7) is 13.3. The second kappa shape index (κ2) is 19.9. The zero-order chi connectivity index (χ0) is 42.5. The SMILES string of the molecule is CC(C)(C)OC(=O)NC[C@@H](NC(=O)OC(C)(C)C)C(=O)NC[C@H](NC(=O)OC(C)(C)C)C(=O)N[C@@H](CCc1ccccc1)C(=O)Nc1cccc(C(F)(F)F)c1. The number of halogens is 3. The van der Waals surface area contributed by atoms with Gasteiger partial charge < -0.3 is 46.1 Å². The van der Waals surface area contributed by atoms with Gasteiger partial charge in [-0.3, -0.25) is 14.4 Å². The number of hydrogen-bond acceptors (Lipinski definition) is 9. The zero-order valence-corrected chi connectivity index (χ0v) is 33.1. The highest BCUT2D eigenvalue weighted by Gasteiger charge is 2.33. The number of ether oxygens (including phenoxy) is 3. The Bertz CT molecular complexity index is 1670. The van der Waals surface area contributed by atoms with Gasteiger partial charge in [-0.15, -0.1) is 0 Å². The Labute approximate surface area is 324 Å². The van der Waals surface area contributed by atoms with Crippen LogP contribution in [0.5, 0.6) is 0 Å². The monoisotopic (exact) mass is 794 g/mol. The lowest BCUT2D eigenvalue weighted by molar-refractivity contribution is -0.137. The number of carbonyl (C=O) groups is 6. The number of alkyl halides is 3. The minimum atomic E-state index is -4.68. The average Bonchev–Trinajstić information content (AvgIpc) is 3.04. The molecule has 18 heteroatoms. The van der Waals surface area contributed by atoms with E-state index in [9.17, 15) is 41.9 Å². The second-order valence-electron chi connectivity index (χ2n) is 15.7. The van der Waals surface area contributed by atoms with Crippen LogP contribution in [0.3, 0.4) is 0 Å². The summed E-state index contributed by atoms with van der Waals surface area (Å²) in [5.41, 5.74) is -3.22. The first-order valence-corrected chi connectivity index (χ1v) is 17.8. The molecular weight excluding hydrogens is 741 g/mol. The fourth-order valence-corrected chi connectivity index (χ4v) is 4.64. The molecule has 0 spiro atoms. The maximum Gasteiger partial charge on any atom is 0.416 e. The quantitative estimate of drug-likeness (QED) is 0.139. The number of rotatable bonds is 14. The Kier molecular flexibility index (Phi) is 16.5. The number of carbonyl (C=O) groups excluding carboxylic acids is 6. The number of aryl methyl sites for hydroxylation is 1. The van der Waals surface area contributed by atoms with Gasteiger partial charge in [-0.05, 0) is 98.9 Å². The van der Waals surface area contributed by atoms with E-state index >= 15 is 0 Å². The highest BCUT2D eigenvalue weighted by Crippen LogP contribution is 2.30. The molecule has 0 aliphatic carbocycles. The molecule has 6 N–H and O–H groups in total. The summed E-state index contributed by atoms with van der Waals surface area (Å²) in [6.07, 6.45) is -7.40. The van der Waals surface area contributed by atoms with Gasteiger partial charge in [0.1, 0.15) is 34.9 Å². The van der Waals surface area contributed by atoms with Gasteiger partial charge >= 0.3 is 24.5 Å². The Hall–Kier alpha value is -5.55. The van der Waals surface area contributed by atoms with Crippen LogP contribution in [0.4, 0.5) is 33.2 Å². The third kappa shape index (κ3) is 18.7. The van der Waals surface area contributed by atoms with Gasteiger partial charge in [0.05, 0.1) is 12.1 Å². The van der Waals surface area contributed by atoms with Crippen molar-refractivity contribution < 1.29 is 56.1 Å². The predicted molar refractivity (Wildman–Crippen MR) is 200 cm³/mol. The smallest absolute Gasteiger partial charge is 0.416 e. The third-order valence-corrected chi connectivity index (χ3v) is 7.00. The molecule has 0 fully saturated rings. The van der Waals surface area contributed by atoms with Gasteiger partial charge in [0.15, 0.2) is 0 Å². The van der Waals surface area contributed by atoms with Crippen LogP contribution in [0.15, 0.2) is 54.6 Å². The molecule has 15 nitrogen and oxygen atoms in total. The molecule has 0 saturated heterocycles. The molecule has 0 saturated carbocycles. The summed E-state index contributed by atoms with van der Waals surface area (Å²) in [4.78, 5) is 78.7. The average molecular weight is 795 g/mol. The van der Waals surface area contributed by atoms with Crippen molar-refractivity contribution in [2.24, 2.45) is 0 Å². The molecule has 2 aromatic rings. The first-order chi connectivity index (χ1) is 25.7. The summed E-state index contributed by atoms with van der Waals surface area (Å²) < 4.78 is 55.9. The van der Waals surface area contributed by atoms with Crippen molar-refractivity contribution in [1.82, 2.24) is 26.6 Å². The van der Waals surface area contributed by atoms with E-state index in [1.165, 1.54) is 6.07 Å². The largest absolute Gasteiger partial charge is 0.444 e. The lowest BCUT2D eigenvalue weighted by Crippen LogP contribution is -2.59. The summed E-state index contributed by atoms with van der Waals surface area (Å²) in [6, 6.07) is 8.42. The Morgan fingerprint density at radius 1 is 0.571 bits per heavy atom. The number of amides is 6. The van der Waals surface area contributed by atoms with Gasteiger partial charge in [-0.25, -0.2) is 14.4 Å². The summed E-state index contributed by atoms with van der Waals surface area (Å²) >= 11 is 0. The molecule has 0 unspecified atom stereocenters. The molecule has 0 radical (unpaired) electrons. The van der Waals surface area contributed by atoms with Crippen molar-refractivity contribution in [3.8, 4) is 0 Å². The van der Waals surface area contributed by atoms with Gasteiger partial charge in [-0.2, -0.15) is 13.2 Å². The highest BCUT2D eigenvalue weighted by molar-refractivity contribution is 5.98. The van der Waals surface area contributed by atoms with E-state index in [1.807, 2.05) is 0 Å². The van der Waals surface area contributed by atoms with Crippen molar-refractivity contribution in [3.05, 3.63) is 65.7 Å². The number of nitrogens with one attached hydrogen (secondary N) is 6. The molecular formula is C38H53F3N6O9. The maximum absolute atomic E-state index is 13.8. The van der Waals surface area contributed by atoms with Gasteiger partial charge in [0.2, 0.25) is 17.7 Å². The minimum Gasteiger partial charge on any atom is -0.444 e. The van der Waals surface area contributed by atoms with Crippen LogP contribution in [0.25, 0.3) is 0 Å². The fraction of sp³-hybridized carbons (Fsp3) is 0.526. The fourth-order valence-electron chi connectivity index (χ4n) is 4.64. The molecule has 0 bridgehead atoms. The van der Waals surface area contributed by atoms with Crippen molar-refractivity contribution in [1.29, 1.82) is 0 Å². The number of alkyl carbamates (subject to hydrolysis) is 3. The van der Waals surface area contributed by atoms with E-state index < -0.39 is 95.8 Å². The molecule has 6 amide bonds. The van der Waals surface area contributed by atoms with Crippen LogP contribution in [0, 0.1) is 0 Å². The molecule has 310 valence electrons. The maximum atomic E-state index is 13.8. The normalized spacial score (nSPS) is 13.5. The first-order valence-electron chi connectivity index (χ1n) is 17.8. The van der Waals surface area contributed by atoms with Crippen molar-refractivity contribution in [2.45, 2.75) is 116 Å². The topological polar surface area (TPSA) is 202 Å². The first kappa shape index (κ1) is 46.6. The minimum absolute atomic E-state index is 0.0235. The molecule has 3 atom stereocenters. The van der Waals surface area contributed by atoms with Crippen LogP contribution in [0.1, 0.15) is 79.9 Å². The Morgan fingerprint density at radius 3 is 1.59 bits per heavy atom. The second-order valence-corrected chi connectivity index (χ2v) is 15.7. The van der Waals surface area contributed by atoms with Crippen LogP contribution in [0.2, 0.25) is 0 Å². The summed E-state index contributed by atoms with van der Waals surface area (Å²) in [7, 11) is 0. The van der Waals surface area contributed by atoms with E-state index in [2.05, 4.69) is 31.9 Å². The predicted octanol–water partition coefficient (Wildman–Crippen LogP) is 5.19. The molecule has 0 aliphatic rings. The molecule has 56 heavy (non-hydrogen) atoms. The Morgan fingerprint density at radius 2 is 1.07 bits per heavy atom. The number of hydrogen-bond donors (Lipinski definition) is 6. The molecule has 0 aromatic heterocycles. The van der Waals surface area contributed by atoms with Crippen LogP contribution < -0.4 is 31.9 Å². The third-order valence-electron chi connectivity index (χ3n) is 7.00. The lowest BCUT2D eigenvalue weighted by Gasteiger charge is -2.27. The lowest BCUT2D eigenvalue weighted by atomic mass is 10.0. The van der Waals surface area contributed by atoms with E-state index in [1.54, 1.807) is 92.6 Å². The Balaban J connectivity index is 2.37.